The number of carbonyl (C=O) groups excluding carboxylic acids is 3. The first-order valence-corrected chi connectivity index (χ1v) is 21.0. The average molecular weight is 816 g/mol. The zero-order chi connectivity index (χ0) is 41.2. The number of esters is 1. The SMILES string of the molecule is CNCNC(O)(CCC(=O)NC(CSC1C2=C3C(CCCCCC14CCCC4)CC(Cc1ccncc1)=C(CCCO)C3C(=O)O2)C(=O)NC(O)C(=O)O)C(=O)O. The van der Waals surface area contributed by atoms with Crippen molar-refractivity contribution in [1.82, 2.24) is 26.3 Å². The minimum atomic E-state index is -2.45. The number of nitrogens with zero attached hydrogens (tertiary/aromatic N) is 1. The van der Waals surface area contributed by atoms with Crippen molar-refractivity contribution in [2.45, 2.75) is 120 Å². The van der Waals surface area contributed by atoms with Gasteiger partial charge in [-0.1, -0.05) is 43.3 Å². The highest BCUT2D eigenvalue weighted by atomic mass is 32.2. The summed E-state index contributed by atoms with van der Waals surface area (Å²) < 4.78 is 6.43. The predicted octanol–water partition coefficient (Wildman–Crippen LogP) is 2.09. The van der Waals surface area contributed by atoms with Gasteiger partial charge in [-0.15, -0.1) is 11.8 Å². The number of hydrogen-bond acceptors (Lipinski definition) is 13. The van der Waals surface area contributed by atoms with Crippen LogP contribution >= 0.6 is 11.8 Å². The number of rotatable bonds is 19. The standard InChI is InChI=1S/C40H57N5O11S/c1-41-23-43-40(55,38(53)54)16-10-29(47)44-28(34(48)45-35(49)36(50)51)22-57-33-32-30-25(8-3-2-4-13-39(33)14-5-6-15-39)21-26(20-24-11-17-42-18-12-24)27(9-7-19-46)31(30)37(52)56-32/h11-12,17-18,25,28,31,33,35,41,43,46,49,55H,2-10,13-16,19-23H2,1H3,(H,44,47)(H,45,48)(H,50,51)(H,53,54). The summed E-state index contributed by atoms with van der Waals surface area (Å²) in [6.45, 7) is -0.101. The van der Waals surface area contributed by atoms with Crippen LogP contribution in [0.4, 0.5) is 0 Å². The molecule has 4 aliphatic rings. The van der Waals surface area contributed by atoms with Gasteiger partial charge in [0.05, 0.1) is 5.25 Å². The van der Waals surface area contributed by atoms with E-state index in [1.54, 1.807) is 12.4 Å². The van der Waals surface area contributed by atoms with Gasteiger partial charge < -0.3 is 46.2 Å². The fraction of sp³-hybridized carbons (Fsp3) is 0.650. The van der Waals surface area contributed by atoms with Gasteiger partial charge in [0.25, 0.3) is 0 Å². The van der Waals surface area contributed by atoms with Crippen molar-refractivity contribution in [3.8, 4) is 0 Å². The van der Waals surface area contributed by atoms with Crippen LogP contribution in [-0.4, -0.2) is 110 Å². The molecule has 57 heavy (non-hydrogen) atoms. The van der Waals surface area contributed by atoms with Gasteiger partial charge in [-0.25, -0.2) is 9.59 Å². The van der Waals surface area contributed by atoms with E-state index in [1.807, 2.05) is 17.4 Å². The largest absolute Gasteiger partial charge is 0.478 e. The first-order chi connectivity index (χ1) is 27.3. The molecule has 1 aromatic heterocycles. The van der Waals surface area contributed by atoms with Crippen molar-refractivity contribution in [3.63, 3.8) is 0 Å². The number of amides is 2. The highest BCUT2D eigenvalue weighted by Gasteiger charge is 2.53. The fourth-order valence-corrected chi connectivity index (χ4v) is 10.7. The Kier molecular flexibility index (Phi) is 15.7. The van der Waals surface area contributed by atoms with Gasteiger partial charge in [0.15, 0.2) is 0 Å². The Morgan fingerprint density at radius 3 is 2.40 bits per heavy atom. The number of carbonyl (C=O) groups is 5. The maximum absolute atomic E-state index is 14.3. The molecule has 9 N–H and O–H groups in total. The van der Waals surface area contributed by atoms with Gasteiger partial charge in [0.2, 0.25) is 23.8 Å². The molecule has 16 nitrogen and oxygen atoms in total. The number of aromatic nitrogens is 1. The zero-order valence-electron chi connectivity index (χ0n) is 32.5. The van der Waals surface area contributed by atoms with Crippen LogP contribution in [0.1, 0.15) is 95.5 Å². The molecular formula is C40H57N5O11S. The number of aliphatic hydroxyl groups is 3. The molecule has 0 saturated heterocycles. The molecule has 1 spiro atoms. The molecule has 3 aliphatic carbocycles. The second-order valence-electron chi connectivity index (χ2n) is 15.7. The van der Waals surface area contributed by atoms with E-state index in [2.05, 4.69) is 20.9 Å². The average Bonchev–Trinajstić information content (AvgIpc) is 3.80. The summed E-state index contributed by atoms with van der Waals surface area (Å²) in [6.07, 6.45) is 11.0. The number of pyridine rings is 1. The molecule has 314 valence electrons. The number of hydrogen-bond donors (Lipinski definition) is 9. The summed E-state index contributed by atoms with van der Waals surface area (Å²) in [5.74, 6) is -5.48. The number of carboxylic acid groups (broad SMARTS) is 2. The number of thioether (sulfide) groups is 1. The maximum atomic E-state index is 14.3. The van der Waals surface area contributed by atoms with Crippen LogP contribution in [0.15, 0.2) is 47.0 Å². The molecule has 2 amide bonds. The number of aliphatic carboxylic acids is 2. The Bertz CT molecular complexity index is 1680. The first-order valence-electron chi connectivity index (χ1n) is 20.0. The van der Waals surface area contributed by atoms with Gasteiger partial charge >= 0.3 is 17.9 Å². The molecule has 0 radical (unpaired) electrons. The minimum Gasteiger partial charge on any atom is -0.478 e. The number of carboxylic acids is 2. The van der Waals surface area contributed by atoms with Crippen LogP contribution in [0.5, 0.6) is 0 Å². The highest BCUT2D eigenvalue weighted by Crippen LogP contribution is 2.58. The number of aliphatic hydroxyl groups excluding tert-OH is 2. The van der Waals surface area contributed by atoms with Crippen LogP contribution in [0.2, 0.25) is 0 Å². The first kappa shape index (κ1) is 44.2. The van der Waals surface area contributed by atoms with E-state index >= 15 is 0 Å². The smallest absolute Gasteiger partial charge is 0.353 e. The second kappa shape index (κ2) is 20.2. The molecule has 1 saturated carbocycles. The number of ether oxygens (including phenoxy) is 1. The normalized spacial score (nSPS) is 23.9. The fourth-order valence-electron chi connectivity index (χ4n) is 9.03. The van der Waals surface area contributed by atoms with Crippen LogP contribution in [0.25, 0.3) is 0 Å². The maximum Gasteiger partial charge on any atom is 0.353 e. The van der Waals surface area contributed by atoms with Crippen LogP contribution < -0.4 is 21.3 Å². The lowest BCUT2D eigenvalue weighted by molar-refractivity contribution is -0.164. The summed E-state index contributed by atoms with van der Waals surface area (Å²) in [5, 5.41) is 58.8. The quantitative estimate of drug-likeness (QED) is 0.0551. The minimum absolute atomic E-state index is 0.0276. The van der Waals surface area contributed by atoms with Crippen LogP contribution in [0.3, 0.4) is 0 Å². The van der Waals surface area contributed by atoms with Gasteiger partial charge in [-0.05, 0) is 93.0 Å². The van der Waals surface area contributed by atoms with E-state index in [0.29, 0.717) is 25.0 Å². The number of nitrogens with one attached hydrogen (secondary N) is 4. The number of allylic oxidation sites excluding steroid dienone is 1. The van der Waals surface area contributed by atoms with Crippen LogP contribution in [0, 0.1) is 17.3 Å². The van der Waals surface area contributed by atoms with E-state index in [4.69, 9.17) is 4.74 Å². The van der Waals surface area contributed by atoms with E-state index in [1.165, 1.54) is 24.4 Å². The van der Waals surface area contributed by atoms with E-state index < -0.39 is 65.8 Å². The van der Waals surface area contributed by atoms with Crippen molar-refractivity contribution in [1.29, 1.82) is 0 Å². The lowest BCUT2D eigenvalue weighted by atomic mass is 9.67. The van der Waals surface area contributed by atoms with Gasteiger partial charge in [0, 0.05) is 44.3 Å². The lowest BCUT2D eigenvalue weighted by Crippen LogP contribution is -2.56. The van der Waals surface area contributed by atoms with E-state index in [-0.39, 0.29) is 36.3 Å². The summed E-state index contributed by atoms with van der Waals surface area (Å²) in [6, 6.07) is 2.55. The Morgan fingerprint density at radius 2 is 1.75 bits per heavy atom. The summed E-state index contributed by atoms with van der Waals surface area (Å²) >= 11 is 1.36. The second-order valence-corrected chi connectivity index (χ2v) is 16.8. The van der Waals surface area contributed by atoms with Crippen molar-refractivity contribution in [2.75, 3.05) is 26.1 Å². The Labute approximate surface area is 336 Å². The van der Waals surface area contributed by atoms with Crippen molar-refractivity contribution < 1.29 is 54.2 Å². The third kappa shape index (κ3) is 10.8. The molecule has 5 rings (SSSR count). The molecule has 1 fully saturated rings. The van der Waals surface area contributed by atoms with Crippen molar-refractivity contribution in [2.24, 2.45) is 17.3 Å². The zero-order valence-corrected chi connectivity index (χ0v) is 33.3. The van der Waals surface area contributed by atoms with E-state index in [9.17, 15) is 49.5 Å². The summed E-state index contributed by atoms with van der Waals surface area (Å²) in [7, 11) is 1.54. The Morgan fingerprint density at radius 1 is 1.05 bits per heavy atom. The third-order valence-corrected chi connectivity index (χ3v) is 13.5. The molecule has 0 aromatic carbocycles. The van der Waals surface area contributed by atoms with Crippen molar-refractivity contribution in [3.05, 3.63) is 52.6 Å². The Balaban J connectivity index is 1.51. The molecule has 2 heterocycles. The Hall–Kier alpha value is -3.87. The molecule has 6 unspecified atom stereocenters. The summed E-state index contributed by atoms with van der Waals surface area (Å²) in [5.41, 5.74) is 1.46. The molecule has 1 aliphatic heterocycles. The van der Waals surface area contributed by atoms with Gasteiger partial charge in [0.1, 0.15) is 17.7 Å². The third-order valence-electron chi connectivity index (χ3n) is 11.9. The molecule has 17 heteroatoms. The monoisotopic (exact) mass is 815 g/mol. The molecular weight excluding hydrogens is 759 g/mol. The summed E-state index contributed by atoms with van der Waals surface area (Å²) in [4.78, 5) is 68.6. The van der Waals surface area contributed by atoms with E-state index in [0.717, 1.165) is 80.9 Å². The topological polar surface area (TPSA) is 257 Å². The molecule has 6 atom stereocenters. The predicted molar refractivity (Wildman–Crippen MR) is 209 cm³/mol. The molecule has 0 bridgehead atoms. The van der Waals surface area contributed by atoms with Gasteiger partial charge in [-0.3, -0.25) is 24.7 Å². The van der Waals surface area contributed by atoms with Crippen LogP contribution in [-0.2, 0) is 35.1 Å². The van der Waals surface area contributed by atoms with Crippen molar-refractivity contribution >= 4 is 41.5 Å². The van der Waals surface area contributed by atoms with Gasteiger partial charge in [-0.2, -0.15) is 0 Å². The lowest BCUT2D eigenvalue weighted by Gasteiger charge is -2.40. The molecule has 1 aromatic rings. The highest BCUT2D eigenvalue weighted by molar-refractivity contribution is 8.00.